The van der Waals surface area contributed by atoms with Crippen molar-refractivity contribution in [3.8, 4) is 5.75 Å². The van der Waals surface area contributed by atoms with E-state index in [1.54, 1.807) is 0 Å². The Morgan fingerprint density at radius 3 is 2.82 bits per heavy atom. The van der Waals surface area contributed by atoms with Crippen molar-refractivity contribution in [2.24, 2.45) is 0 Å². The van der Waals surface area contributed by atoms with Crippen molar-refractivity contribution in [3.63, 3.8) is 0 Å². The molecule has 17 heavy (non-hydrogen) atoms. The molecule has 0 amide bonds. The summed E-state index contributed by atoms with van der Waals surface area (Å²) in [5, 5.41) is 0. The zero-order valence-electron chi connectivity index (χ0n) is 8.55. The highest BCUT2D eigenvalue weighted by Gasteiger charge is 2.12. The highest BCUT2D eigenvalue weighted by molar-refractivity contribution is 5.17. The quantitative estimate of drug-likeness (QED) is 0.774. The van der Waals surface area contributed by atoms with Crippen LogP contribution in [0, 0.1) is 5.95 Å². The number of ether oxygens (including phenoxy) is 1. The first-order valence-corrected chi connectivity index (χ1v) is 4.71. The molecule has 7 heteroatoms. The van der Waals surface area contributed by atoms with Gasteiger partial charge in [-0.3, -0.25) is 4.57 Å². The molecule has 0 radical (unpaired) electrons. The van der Waals surface area contributed by atoms with Gasteiger partial charge in [-0.1, -0.05) is 0 Å². The van der Waals surface area contributed by atoms with Crippen molar-refractivity contribution < 1.29 is 17.9 Å². The fraction of sp³-hybridized carbons (Fsp3) is 0.200. The van der Waals surface area contributed by atoms with Crippen LogP contribution in [0.15, 0.2) is 30.7 Å². The van der Waals surface area contributed by atoms with Crippen molar-refractivity contribution >= 4 is 0 Å². The molecule has 0 saturated heterocycles. The summed E-state index contributed by atoms with van der Waals surface area (Å²) in [5.74, 6) is -0.873. The van der Waals surface area contributed by atoms with E-state index in [9.17, 15) is 13.2 Å². The largest absolute Gasteiger partial charge is 0.481 e. The molecule has 4 nitrogen and oxygen atoms in total. The first-order chi connectivity index (χ1) is 8.18. The number of imidazole rings is 1. The maximum atomic E-state index is 13.1. The summed E-state index contributed by atoms with van der Waals surface area (Å²) in [7, 11) is 0. The number of hydrogen-bond acceptors (Lipinski definition) is 3. The Balaban J connectivity index is 2.08. The summed E-state index contributed by atoms with van der Waals surface area (Å²) in [6, 6.07) is 2.84. The van der Waals surface area contributed by atoms with Crippen molar-refractivity contribution in [2.45, 2.75) is 13.2 Å². The van der Waals surface area contributed by atoms with E-state index in [0.29, 0.717) is 4.57 Å². The van der Waals surface area contributed by atoms with Gasteiger partial charge in [0.25, 0.3) is 5.95 Å². The van der Waals surface area contributed by atoms with Gasteiger partial charge in [-0.2, -0.15) is 13.2 Å². The van der Waals surface area contributed by atoms with E-state index >= 15 is 0 Å². The van der Waals surface area contributed by atoms with Crippen LogP contribution in [0.25, 0.3) is 0 Å². The van der Waals surface area contributed by atoms with Gasteiger partial charge in [0.05, 0.1) is 0 Å². The van der Waals surface area contributed by atoms with Gasteiger partial charge in [-0.05, 0) is 12.1 Å². The van der Waals surface area contributed by atoms with Crippen LogP contribution in [0.2, 0.25) is 0 Å². The lowest BCUT2D eigenvalue weighted by Gasteiger charge is -2.08. The van der Waals surface area contributed by atoms with Crippen molar-refractivity contribution in [3.05, 3.63) is 42.5 Å². The molecule has 0 N–H and O–H groups in total. The number of rotatable bonds is 4. The van der Waals surface area contributed by atoms with Crippen molar-refractivity contribution in [1.29, 1.82) is 0 Å². The number of alkyl halides is 2. The molecule has 0 aliphatic rings. The van der Waals surface area contributed by atoms with Crippen LogP contribution < -0.4 is 4.74 Å². The molecule has 2 heterocycles. The van der Waals surface area contributed by atoms with Crippen LogP contribution in [-0.4, -0.2) is 14.5 Å². The average molecular weight is 243 g/mol. The standard InChI is InChI=1S/C10H8F3N3O/c11-9-7(2-1-3-15-9)17-6-8-14-4-5-16(8)10(12)13/h1-5,10H,6H2. The lowest BCUT2D eigenvalue weighted by atomic mass is 10.4. The average Bonchev–Trinajstić information content (AvgIpc) is 2.76. The van der Waals surface area contributed by atoms with Gasteiger partial charge >= 0.3 is 6.55 Å². The topological polar surface area (TPSA) is 39.9 Å². The molecular weight excluding hydrogens is 235 g/mol. The van der Waals surface area contributed by atoms with E-state index in [-0.39, 0.29) is 18.2 Å². The summed E-state index contributed by atoms with van der Waals surface area (Å²) in [6.07, 6.45) is 3.62. The monoisotopic (exact) mass is 243 g/mol. The normalized spacial score (nSPS) is 10.8. The van der Waals surface area contributed by atoms with E-state index in [4.69, 9.17) is 4.74 Å². The molecule has 0 atom stereocenters. The first kappa shape index (κ1) is 11.4. The number of pyridine rings is 1. The summed E-state index contributed by atoms with van der Waals surface area (Å²) in [6.45, 7) is -2.95. The Hall–Kier alpha value is -2.05. The minimum absolute atomic E-state index is 0.0169. The lowest BCUT2D eigenvalue weighted by molar-refractivity contribution is 0.0630. The molecule has 0 bridgehead atoms. The van der Waals surface area contributed by atoms with E-state index in [1.165, 1.54) is 24.5 Å². The van der Waals surface area contributed by atoms with Gasteiger partial charge < -0.3 is 4.74 Å². The van der Waals surface area contributed by atoms with Crippen LogP contribution in [0.5, 0.6) is 5.75 Å². The zero-order chi connectivity index (χ0) is 12.3. The second kappa shape index (κ2) is 4.86. The minimum atomic E-state index is -2.70. The fourth-order valence-electron chi connectivity index (χ4n) is 1.25. The highest BCUT2D eigenvalue weighted by Crippen LogP contribution is 2.17. The Bertz CT molecular complexity index is 501. The number of hydrogen-bond donors (Lipinski definition) is 0. The molecule has 0 aliphatic carbocycles. The van der Waals surface area contributed by atoms with Gasteiger partial charge in [0, 0.05) is 18.6 Å². The maximum absolute atomic E-state index is 13.1. The van der Waals surface area contributed by atoms with E-state index < -0.39 is 12.5 Å². The summed E-state index contributed by atoms with van der Waals surface area (Å²) < 4.78 is 43.6. The van der Waals surface area contributed by atoms with Crippen LogP contribution >= 0.6 is 0 Å². The third-order valence-electron chi connectivity index (χ3n) is 2.04. The summed E-state index contributed by atoms with van der Waals surface area (Å²) in [4.78, 5) is 7.07. The smallest absolute Gasteiger partial charge is 0.320 e. The van der Waals surface area contributed by atoms with Gasteiger partial charge in [-0.15, -0.1) is 0 Å². The minimum Gasteiger partial charge on any atom is -0.481 e. The second-order valence-electron chi connectivity index (χ2n) is 3.11. The zero-order valence-corrected chi connectivity index (χ0v) is 8.55. The maximum Gasteiger partial charge on any atom is 0.320 e. The number of nitrogens with zero attached hydrogens (tertiary/aromatic N) is 3. The molecule has 2 rings (SSSR count). The Labute approximate surface area is 94.7 Å². The molecule has 90 valence electrons. The van der Waals surface area contributed by atoms with Gasteiger partial charge in [0.15, 0.2) is 11.6 Å². The lowest BCUT2D eigenvalue weighted by Crippen LogP contribution is -2.08. The summed E-state index contributed by atoms with van der Waals surface area (Å²) in [5.41, 5.74) is 0. The predicted octanol–water partition coefficient (Wildman–Crippen LogP) is 2.39. The second-order valence-corrected chi connectivity index (χ2v) is 3.11. The molecule has 0 spiro atoms. The van der Waals surface area contributed by atoms with Crippen LogP contribution in [0.3, 0.4) is 0 Å². The third kappa shape index (κ3) is 2.55. The van der Waals surface area contributed by atoms with Gasteiger partial charge in [0.1, 0.15) is 6.61 Å². The van der Waals surface area contributed by atoms with Crippen LogP contribution in [-0.2, 0) is 6.61 Å². The Kier molecular flexibility index (Phi) is 3.27. The van der Waals surface area contributed by atoms with Crippen LogP contribution in [0.1, 0.15) is 12.4 Å². The molecular formula is C10H8F3N3O. The molecule has 2 aromatic heterocycles. The Morgan fingerprint density at radius 2 is 2.12 bits per heavy atom. The molecule has 0 fully saturated rings. The molecule has 2 aromatic rings. The predicted molar refractivity (Wildman–Crippen MR) is 52.0 cm³/mol. The number of halogens is 3. The van der Waals surface area contributed by atoms with Crippen molar-refractivity contribution in [2.75, 3.05) is 0 Å². The van der Waals surface area contributed by atoms with Crippen molar-refractivity contribution in [1.82, 2.24) is 14.5 Å². The highest BCUT2D eigenvalue weighted by atomic mass is 19.3. The molecule has 0 aromatic carbocycles. The van der Waals surface area contributed by atoms with E-state index in [0.717, 1.165) is 6.20 Å². The fourth-order valence-corrected chi connectivity index (χ4v) is 1.25. The Morgan fingerprint density at radius 1 is 1.29 bits per heavy atom. The van der Waals surface area contributed by atoms with Gasteiger partial charge in [-0.25, -0.2) is 9.97 Å². The summed E-state index contributed by atoms with van der Waals surface area (Å²) >= 11 is 0. The molecule has 0 aliphatic heterocycles. The molecule has 0 unspecified atom stereocenters. The SMILES string of the molecule is Fc1ncccc1OCc1nccn1C(F)F. The van der Waals surface area contributed by atoms with Crippen LogP contribution in [0.4, 0.5) is 13.2 Å². The number of aromatic nitrogens is 3. The van der Waals surface area contributed by atoms with Gasteiger partial charge in [0.2, 0.25) is 0 Å². The third-order valence-corrected chi connectivity index (χ3v) is 2.04. The van der Waals surface area contributed by atoms with E-state index in [1.807, 2.05) is 0 Å². The van der Waals surface area contributed by atoms with E-state index in [2.05, 4.69) is 9.97 Å². The molecule has 0 saturated carbocycles. The first-order valence-electron chi connectivity index (χ1n) is 4.71.